The van der Waals surface area contributed by atoms with Crippen molar-refractivity contribution in [2.24, 2.45) is 10.2 Å². The molecule has 2 heterocycles. The third-order valence-corrected chi connectivity index (χ3v) is 3.30. The fourth-order valence-electron chi connectivity index (χ4n) is 2.19. The average Bonchev–Trinajstić information content (AvgIpc) is 2.93. The molecule has 0 radical (unpaired) electrons. The van der Waals surface area contributed by atoms with E-state index in [4.69, 9.17) is 5.26 Å². The number of nitriles is 1. The Labute approximate surface area is 131 Å². The lowest BCUT2D eigenvalue weighted by Crippen LogP contribution is -1.96. The average molecular weight is 305 g/mol. The molecule has 0 fully saturated rings. The van der Waals surface area contributed by atoms with Crippen LogP contribution in [0.4, 0.5) is 11.5 Å². The number of aromatic carboxylic acids is 1. The standard InChI is InChI=1S/C16H11N5O2/c1-10-5-4-8-21-14(10)18-13(16(22)23)15(21)20-19-12-7-3-2-6-11(12)9-17/h2-8H,1H3,(H,22,23). The van der Waals surface area contributed by atoms with Gasteiger partial charge in [-0.3, -0.25) is 4.40 Å². The SMILES string of the molecule is Cc1cccn2c(N=Nc3ccccc3C#N)c(C(=O)O)nc12. The van der Waals surface area contributed by atoms with E-state index in [-0.39, 0.29) is 11.5 Å². The number of carboxylic acid groups (broad SMARTS) is 1. The molecule has 7 nitrogen and oxygen atoms in total. The van der Waals surface area contributed by atoms with Crippen molar-refractivity contribution in [3.8, 4) is 6.07 Å². The molecule has 0 saturated heterocycles. The number of carboxylic acids is 1. The van der Waals surface area contributed by atoms with Gasteiger partial charge < -0.3 is 5.11 Å². The number of hydrogen-bond donors (Lipinski definition) is 1. The Morgan fingerprint density at radius 1 is 1.26 bits per heavy atom. The first-order valence-corrected chi connectivity index (χ1v) is 6.73. The molecular weight excluding hydrogens is 294 g/mol. The van der Waals surface area contributed by atoms with Crippen LogP contribution >= 0.6 is 0 Å². The molecule has 0 bridgehead atoms. The van der Waals surface area contributed by atoms with Crippen molar-refractivity contribution in [2.45, 2.75) is 6.92 Å². The van der Waals surface area contributed by atoms with Gasteiger partial charge in [0, 0.05) is 6.20 Å². The summed E-state index contributed by atoms with van der Waals surface area (Å²) >= 11 is 0. The summed E-state index contributed by atoms with van der Waals surface area (Å²) in [6.45, 7) is 1.83. The van der Waals surface area contributed by atoms with Gasteiger partial charge in [-0.05, 0) is 30.7 Å². The molecule has 0 unspecified atom stereocenters. The fraction of sp³-hybridized carbons (Fsp3) is 0.0625. The molecule has 3 aromatic rings. The van der Waals surface area contributed by atoms with Crippen LogP contribution in [0.25, 0.3) is 5.65 Å². The van der Waals surface area contributed by atoms with Crippen molar-refractivity contribution in [1.29, 1.82) is 5.26 Å². The molecule has 0 spiro atoms. The maximum atomic E-state index is 11.4. The molecule has 0 aliphatic carbocycles. The van der Waals surface area contributed by atoms with Gasteiger partial charge in [-0.25, -0.2) is 9.78 Å². The summed E-state index contributed by atoms with van der Waals surface area (Å²) in [6.07, 6.45) is 1.67. The lowest BCUT2D eigenvalue weighted by molar-refractivity contribution is 0.0692. The summed E-state index contributed by atoms with van der Waals surface area (Å²) in [5.41, 5.74) is 1.88. The molecule has 1 N–H and O–H groups in total. The molecule has 7 heteroatoms. The third kappa shape index (κ3) is 2.53. The summed E-state index contributed by atoms with van der Waals surface area (Å²) in [5.74, 6) is -1.07. The molecule has 23 heavy (non-hydrogen) atoms. The minimum atomic E-state index is -1.18. The van der Waals surface area contributed by atoms with Crippen LogP contribution in [0.5, 0.6) is 0 Å². The predicted octanol–water partition coefficient (Wildman–Crippen LogP) is 3.63. The predicted molar refractivity (Wildman–Crippen MR) is 82.2 cm³/mol. The molecule has 2 aromatic heterocycles. The van der Waals surface area contributed by atoms with Gasteiger partial charge in [0.25, 0.3) is 0 Å². The van der Waals surface area contributed by atoms with Crippen molar-refractivity contribution in [3.63, 3.8) is 0 Å². The van der Waals surface area contributed by atoms with Crippen molar-refractivity contribution >= 4 is 23.1 Å². The summed E-state index contributed by atoms with van der Waals surface area (Å²) in [6, 6.07) is 12.3. The molecule has 0 aliphatic heterocycles. The highest BCUT2D eigenvalue weighted by molar-refractivity contribution is 5.92. The Bertz CT molecular complexity index is 982. The van der Waals surface area contributed by atoms with Gasteiger partial charge in [0.15, 0.2) is 11.5 Å². The van der Waals surface area contributed by atoms with Gasteiger partial charge in [0.05, 0.1) is 5.56 Å². The van der Waals surface area contributed by atoms with Gasteiger partial charge in [0.2, 0.25) is 0 Å². The maximum Gasteiger partial charge on any atom is 0.358 e. The number of hydrogen-bond acceptors (Lipinski definition) is 5. The van der Waals surface area contributed by atoms with E-state index >= 15 is 0 Å². The molecule has 0 atom stereocenters. The largest absolute Gasteiger partial charge is 0.476 e. The van der Waals surface area contributed by atoms with Crippen molar-refractivity contribution in [2.75, 3.05) is 0 Å². The Kier molecular flexibility index (Phi) is 3.57. The summed E-state index contributed by atoms with van der Waals surface area (Å²) in [4.78, 5) is 15.5. The van der Waals surface area contributed by atoms with Gasteiger partial charge >= 0.3 is 5.97 Å². The number of rotatable bonds is 3. The van der Waals surface area contributed by atoms with Gasteiger partial charge in [-0.2, -0.15) is 5.26 Å². The first-order valence-electron chi connectivity index (χ1n) is 6.73. The zero-order valence-electron chi connectivity index (χ0n) is 12.1. The smallest absolute Gasteiger partial charge is 0.358 e. The molecule has 1 aromatic carbocycles. The first-order chi connectivity index (χ1) is 11.1. The summed E-state index contributed by atoms with van der Waals surface area (Å²) in [5, 5.41) is 26.4. The van der Waals surface area contributed by atoms with Crippen molar-refractivity contribution in [1.82, 2.24) is 9.38 Å². The number of benzene rings is 1. The van der Waals surface area contributed by atoms with Crippen LogP contribution in [0.2, 0.25) is 0 Å². The topological polar surface area (TPSA) is 103 Å². The quantitative estimate of drug-likeness (QED) is 0.746. The van der Waals surface area contributed by atoms with E-state index in [1.807, 2.05) is 19.1 Å². The Morgan fingerprint density at radius 3 is 2.78 bits per heavy atom. The maximum absolute atomic E-state index is 11.4. The second-order valence-corrected chi connectivity index (χ2v) is 4.80. The van der Waals surface area contributed by atoms with E-state index in [2.05, 4.69) is 15.2 Å². The van der Waals surface area contributed by atoms with E-state index < -0.39 is 5.97 Å². The molecular formula is C16H11N5O2. The molecule has 0 saturated carbocycles. The molecule has 0 aliphatic rings. The summed E-state index contributed by atoms with van der Waals surface area (Å²) < 4.78 is 1.57. The highest BCUT2D eigenvalue weighted by atomic mass is 16.4. The van der Waals surface area contributed by atoms with Crippen LogP contribution < -0.4 is 0 Å². The van der Waals surface area contributed by atoms with Crippen LogP contribution in [0, 0.1) is 18.3 Å². The van der Waals surface area contributed by atoms with Gasteiger partial charge in [-0.1, -0.05) is 18.2 Å². The van der Waals surface area contributed by atoms with Crippen LogP contribution in [0.1, 0.15) is 21.6 Å². The minimum absolute atomic E-state index is 0.115. The number of pyridine rings is 1. The number of azo groups is 1. The number of aromatic nitrogens is 2. The van der Waals surface area contributed by atoms with E-state index in [9.17, 15) is 9.90 Å². The normalized spacial score (nSPS) is 11.0. The van der Waals surface area contributed by atoms with E-state index in [0.29, 0.717) is 16.9 Å². The minimum Gasteiger partial charge on any atom is -0.476 e. The first kappa shape index (κ1) is 14.4. The number of imidazole rings is 1. The van der Waals surface area contributed by atoms with Gasteiger partial charge in [0.1, 0.15) is 17.4 Å². The van der Waals surface area contributed by atoms with Crippen molar-refractivity contribution in [3.05, 3.63) is 59.4 Å². The zero-order valence-corrected chi connectivity index (χ0v) is 12.1. The highest BCUT2D eigenvalue weighted by Gasteiger charge is 2.19. The van der Waals surface area contributed by atoms with Crippen LogP contribution in [0.3, 0.4) is 0 Å². The third-order valence-electron chi connectivity index (χ3n) is 3.30. The highest BCUT2D eigenvalue weighted by Crippen LogP contribution is 2.26. The van der Waals surface area contributed by atoms with Crippen LogP contribution in [-0.4, -0.2) is 20.5 Å². The van der Waals surface area contributed by atoms with E-state index in [1.54, 1.807) is 40.9 Å². The van der Waals surface area contributed by atoms with Crippen LogP contribution in [-0.2, 0) is 0 Å². The number of nitrogens with zero attached hydrogens (tertiary/aromatic N) is 5. The van der Waals surface area contributed by atoms with Gasteiger partial charge in [-0.15, -0.1) is 10.2 Å². The number of carbonyl (C=O) groups is 1. The molecule has 0 amide bonds. The Hall–Kier alpha value is -3.53. The zero-order chi connectivity index (χ0) is 16.4. The molecule has 112 valence electrons. The lowest BCUT2D eigenvalue weighted by Gasteiger charge is -1.99. The Morgan fingerprint density at radius 2 is 2.04 bits per heavy atom. The molecule has 3 rings (SSSR count). The second kappa shape index (κ2) is 5.69. The monoisotopic (exact) mass is 305 g/mol. The second-order valence-electron chi connectivity index (χ2n) is 4.80. The van der Waals surface area contributed by atoms with E-state index in [1.165, 1.54) is 0 Å². The van der Waals surface area contributed by atoms with Crippen molar-refractivity contribution < 1.29 is 9.90 Å². The lowest BCUT2D eigenvalue weighted by atomic mass is 10.2. The number of fused-ring (bicyclic) bond motifs is 1. The number of aryl methyl sites for hydroxylation is 1. The Balaban J connectivity index is 2.18. The van der Waals surface area contributed by atoms with Crippen LogP contribution in [0.15, 0.2) is 52.8 Å². The fourth-order valence-corrected chi connectivity index (χ4v) is 2.19. The summed E-state index contributed by atoms with van der Waals surface area (Å²) in [7, 11) is 0. The van der Waals surface area contributed by atoms with E-state index in [0.717, 1.165) is 5.56 Å².